The number of nitrogens with zero attached hydrogens (tertiary/aromatic N) is 1. The molecule has 0 aromatic carbocycles. The second kappa shape index (κ2) is 6.70. The number of phosphoric ester groups is 1. The summed E-state index contributed by atoms with van der Waals surface area (Å²) in [5.74, 6) is -0.208. The van der Waals surface area contributed by atoms with Crippen molar-refractivity contribution in [2.45, 2.75) is 0 Å². The minimum atomic E-state index is -4.95. The fraction of sp³-hybridized carbons (Fsp3) is 0. The Morgan fingerprint density at radius 2 is 1.92 bits per heavy atom. The Morgan fingerprint density at radius 3 is 2.31 bits per heavy atom. The Hall–Kier alpha value is 0.295. The Balaban J connectivity index is 0. The summed E-state index contributed by atoms with van der Waals surface area (Å²) in [4.78, 5) is 23.5. The van der Waals surface area contributed by atoms with E-state index >= 15 is 0 Å². The molecule has 0 saturated carbocycles. The number of hydrogen-bond acceptors (Lipinski definition) is 5. The van der Waals surface area contributed by atoms with E-state index in [4.69, 9.17) is 0 Å². The van der Waals surface area contributed by atoms with Gasteiger partial charge in [0, 0.05) is 12.3 Å². The summed E-state index contributed by atoms with van der Waals surface area (Å²) in [5.41, 5.74) is 0. The van der Waals surface area contributed by atoms with Gasteiger partial charge in [0.1, 0.15) is 7.82 Å². The number of phosphoric acid groups is 1. The normalized spacial score (nSPS) is 9.38. The van der Waals surface area contributed by atoms with Crippen LogP contribution in [0.5, 0.6) is 5.88 Å². The first kappa shape index (κ1) is 15.8. The molecule has 0 saturated heterocycles. The molecule has 1 aromatic heterocycles. The van der Waals surface area contributed by atoms with E-state index in [2.05, 4.69) is 9.51 Å². The van der Waals surface area contributed by atoms with E-state index in [-0.39, 0.29) is 43.6 Å². The summed E-state index contributed by atoms with van der Waals surface area (Å²) >= 11 is 0. The van der Waals surface area contributed by atoms with Crippen LogP contribution in [0.15, 0.2) is 24.4 Å². The van der Waals surface area contributed by atoms with Gasteiger partial charge >= 0.3 is 37.7 Å². The van der Waals surface area contributed by atoms with Crippen molar-refractivity contribution in [2.75, 3.05) is 0 Å². The van der Waals surface area contributed by atoms with Crippen LogP contribution in [0.25, 0.3) is 0 Å². The molecule has 0 aliphatic rings. The molecule has 0 fully saturated rings. The summed E-state index contributed by atoms with van der Waals surface area (Å²) in [5, 5.41) is 0. The van der Waals surface area contributed by atoms with E-state index in [9.17, 15) is 14.4 Å². The SMILES string of the molecule is O=P([O-])([O-])Oc1ccccn1.[Li+].[Li+]. The molecule has 1 rings (SSSR count). The molecule has 0 atom stereocenters. The molecule has 0 aliphatic carbocycles. The Morgan fingerprint density at radius 1 is 1.31 bits per heavy atom. The van der Waals surface area contributed by atoms with E-state index in [1.807, 2.05) is 0 Å². The maximum Gasteiger partial charge on any atom is 1.00 e. The van der Waals surface area contributed by atoms with Gasteiger partial charge in [0.2, 0.25) is 5.88 Å². The van der Waals surface area contributed by atoms with Crippen LogP contribution in [0, 0.1) is 0 Å². The average Bonchev–Trinajstić information content (AvgIpc) is 1.85. The molecular weight excluding hydrogens is 183 g/mol. The van der Waals surface area contributed by atoms with Gasteiger partial charge in [-0.3, -0.25) is 0 Å². The molecule has 0 N–H and O–H groups in total. The van der Waals surface area contributed by atoms with Gasteiger partial charge in [0.05, 0.1) is 0 Å². The minimum absolute atomic E-state index is 0. The third-order valence-corrected chi connectivity index (χ3v) is 1.25. The molecule has 0 amide bonds. The van der Waals surface area contributed by atoms with Gasteiger partial charge < -0.3 is 18.9 Å². The summed E-state index contributed by atoms with van der Waals surface area (Å²) in [7, 11) is -4.95. The molecule has 0 bridgehead atoms. The zero-order valence-electron chi connectivity index (χ0n) is 7.34. The van der Waals surface area contributed by atoms with Crippen LogP contribution < -0.4 is 52.0 Å². The van der Waals surface area contributed by atoms with Crippen LogP contribution in [-0.2, 0) is 4.57 Å². The summed E-state index contributed by atoms with van der Waals surface area (Å²) < 4.78 is 13.9. The molecule has 1 aromatic rings. The number of aromatic nitrogens is 1. The molecule has 13 heavy (non-hydrogen) atoms. The van der Waals surface area contributed by atoms with Crippen LogP contribution in [0.4, 0.5) is 0 Å². The van der Waals surface area contributed by atoms with Crippen molar-refractivity contribution in [1.29, 1.82) is 0 Å². The Bertz CT molecular complexity index is 277. The first-order valence-corrected chi connectivity index (χ1v) is 4.17. The summed E-state index contributed by atoms with van der Waals surface area (Å²) in [6.45, 7) is 0. The molecule has 0 radical (unpaired) electrons. The number of hydrogen-bond donors (Lipinski definition) is 0. The van der Waals surface area contributed by atoms with E-state index < -0.39 is 7.82 Å². The van der Waals surface area contributed by atoms with E-state index in [0.717, 1.165) is 0 Å². The molecular formula is C5H4Li2NO4P. The van der Waals surface area contributed by atoms with Crippen LogP contribution in [0.3, 0.4) is 0 Å². The number of pyridine rings is 1. The van der Waals surface area contributed by atoms with E-state index in [1.54, 1.807) is 6.07 Å². The van der Waals surface area contributed by atoms with Crippen LogP contribution >= 0.6 is 7.82 Å². The Kier molecular flexibility index (Phi) is 8.12. The summed E-state index contributed by atoms with van der Waals surface area (Å²) in [6, 6.07) is 4.37. The minimum Gasteiger partial charge on any atom is -0.780 e. The maximum absolute atomic E-state index is 10.0. The van der Waals surface area contributed by atoms with Gasteiger partial charge in [0.25, 0.3) is 0 Å². The second-order valence-electron chi connectivity index (χ2n) is 1.71. The van der Waals surface area contributed by atoms with Crippen molar-refractivity contribution >= 4 is 7.82 Å². The predicted octanol–water partition coefficient (Wildman–Crippen LogP) is -6.70. The molecule has 1 heterocycles. The van der Waals surface area contributed by atoms with E-state index in [1.165, 1.54) is 18.3 Å². The van der Waals surface area contributed by atoms with Gasteiger partial charge in [-0.05, 0) is 6.07 Å². The summed E-state index contributed by atoms with van der Waals surface area (Å²) in [6.07, 6.45) is 1.32. The second-order valence-corrected chi connectivity index (χ2v) is 2.78. The van der Waals surface area contributed by atoms with Crippen molar-refractivity contribution in [2.24, 2.45) is 0 Å². The van der Waals surface area contributed by atoms with Crippen molar-refractivity contribution in [3.05, 3.63) is 24.4 Å². The van der Waals surface area contributed by atoms with Gasteiger partial charge in [-0.2, -0.15) is 0 Å². The molecule has 0 unspecified atom stereocenters. The van der Waals surface area contributed by atoms with Crippen LogP contribution in [0.2, 0.25) is 0 Å². The molecule has 8 heteroatoms. The van der Waals surface area contributed by atoms with Gasteiger partial charge in [-0.25, -0.2) is 4.98 Å². The fourth-order valence-corrected chi connectivity index (χ4v) is 0.853. The predicted molar refractivity (Wildman–Crippen MR) is 32.5 cm³/mol. The smallest absolute Gasteiger partial charge is 0.780 e. The topological polar surface area (TPSA) is 85.3 Å². The molecule has 60 valence electrons. The third kappa shape index (κ3) is 7.37. The fourth-order valence-electron chi connectivity index (χ4n) is 0.516. The number of rotatable bonds is 2. The zero-order valence-corrected chi connectivity index (χ0v) is 8.23. The first-order valence-electron chi connectivity index (χ1n) is 2.70. The maximum atomic E-state index is 10.0. The van der Waals surface area contributed by atoms with Crippen LogP contribution in [-0.4, -0.2) is 4.98 Å². The monoisotopic (exact) mass is 187 g/mol. The molecule has 0 spiro atoms. The van der Waals surface area contributed by atoms with Gasteiger partial charge in [-0.1, -0.05) is 6.07 Å². The third-order valence-electron chi connectivity index (χ3n) is 0.843. The van der Waals surface area contributed by atoms with Crippen molar-refractivity contribution < 1.29 is 56.6 Å². The van der Waals surface area contributed by atoms with E-state index in [0.29, 0.717) is 0 Å². The van der Waals surface area contributed by atoms with Crippen molar-refractivity contribution in [3.63, 3.8) is 0 Å². The van der Waals surface area contributed by atoms with Crippen molar-refractivity contribution in [1.82, 2.24) is 4.98 Å². The molecule has 0 aliphatic heterocycles. The first-order chi connectivity index (χ1) is 5.08. The van der Waals surface area contributed by atoms with Gasteiger partial charge in [-0.15, -0.1) is 0 Å². The Labute approximate surface area is 99.5 Å². The zero-order chi connectivity index (χ0) is 8.32. The van der Waals surface area contributed by atoms with Crippen LogP contribution in [0.1, 0.15) is 0 Å². The van der Waals surface area contributed by atoms with Crippen molar-refractivity contribution in [3.8, 4) is 5.88 Å². The standard InChI is InChI=1S/C5H6NO4P.2Li/c7-11(8,9)10-5-3-1-2-4-6-5;;/h1-4H,(H2,7,8,9);;/q;2*+1/p-2. The quantitative estimate of drug-likeness (QED) is 0.339. The largest absolute Gasteiger partial charge is 1.00 e. The van der Waals surface area contributed by atoms with Gasteiger partial charge in [0.15, 0.2) is 0 Å². The average molecular weight is 187 g/mol. The molecule has 5 nitrogen and oxygen atoms in total.